The normalized spacial score (nSPS) is 15.3. The molecule has 1 atom stereocenters. The van der Waals surface area contributed by atoms with Crippen LogP contribution in [0.15, 0.2) is 66.7 Å². The number of nitrogens with one attached hydrogen (secondary N) is 1. The summed E-state index contributed by atoms with van der Waals surface area (Å²) in [5.74, 6) is -0.106. The third-order valence-corrected chi connectivity index (χ3v) is 6.40. The number of hydrogen-bond donors (Lipinski definition) is 2. The number of benzene rings is 3. The number of amides is 1. The molecule has 5 nitrogen and oxygen atoms in total. The summed E-state index contributed by atoms with van der Waals surface area (Å²) in [5, 5.41) is 19.0. The van der Waals surface area contributed by atoms with Crippen LogP contribution in [0.1, 0.15) is 38.8 Å². The minimum atomic E-state index is -0.426. The molecule has 0 spiro atoms. The summed E-state index contributed by atoms with van der Waals surface area (Å²) in [5.41, 5.74) is 4.69. The maximum absolute atomic E-state index is 13.5. The molecule has 2 N–H and O–H groups in total. The molecule has 7 heteroatoms. The lowest BCUT2D eigenvalue weighted by Crippen LogP contribution is -2.29. The summed E-state index contributed by atoms with van der Waals surface area (Å²) in [6, 6.07) is 20.1. The lowest BCUT2D eigenvalue weighted by Gasteiger charge is -2.26. The molecule has 3 aromatic carbocycles. The lowest BCUT2D eigenvalue weighted by molar-refractivity contribution is 0.0730. The molecule has 1 aromatic heterocycles. The largest absolute Gasteiger partial charge is 0.507 e. The zero-order chi connectivity index (χ0) is 22.4. The van der Waals surface area contributed by atoms with E-state index in [0.29, 0.717) is 39.1 Å². The number of carbonyl (C=O) groups excluding carboxylic acids is 1. The van der Waals surface area contributed by atoms with Gasteiger partial charge in [0.15, 0.2) is 0 Å². The molecule has 5 rings (SSSR count). The fraction of sp³-hybridized carbons (Fsp3) is 0.120. The molecule has 0 bridgehead atoms. The minimum Gasteiger partial charge on any atom is -0.507 e. The molecule has 0 fully saturated rings. The van der Waals surface area contributed by atoms with Crippen molar-refractivity contribution in [1.29, 1.82) is 0 Å². The second-order valence-corrected chi connectivity index (χ2v) is 8.70. The molecule has 160 valence electrons. The van der Waals surface area contributed by atoms with Crippen LogP contribution in [0.2, 0.25) is 10.0 Å². The number of rotatable bonds is 4. The van der Waals surface area contributed by atoms with Gasteiger partial charge in [-0.1, -0.05) is 65.7 Å². The van der Waals surface area contributed by atoms with E-state index in [-0.39, 0.29) is 11.7 Å². The van der Waals surface area contributed by atoms with Crippen LogP contribution in [-0.2, 0) is 6.54 Å². The molecule has 1 aliphatic rings. The van der Waals surface area contributed by atoms with Crippen molar-refractivity contribution in [2.75, 3.05) is 0 Å². The Labute approximate surface area is 195 Å². The van der Waals surface area contributed by atoms with Crippen LogP contribution in [0.3, 0.4) is 0 Å². The summed E-state index contributed by atoms with van der Waals surface area (Å²) in [6.45, 7) is 2.24. The van der Waals surface area contributed by atoms with Gasteiger partial charge in [-0.25, -0.2) is 0 Å². The number of carbonyl (C=O) groups is 1. The Balaban J connectivity index is 1.69. The van der Waals surface area contributed by atoms with Crippen molar-refractivity contribution in [1.82, 2.24) is 15.1 Å². The van der Waals surface area contributed by atoms with E-state index in [9.17, 15) is 9.90 Å². The van der Waals surface area contributed by atoms with Crippen molar-refractivity contribution in [3.8, 4) is 17.0 Å². The van der Waals surface area contributed by atoms with Gasteiger partial charge in [-0.15, -0.1) is 0 Å². The molecule has 0 aliphatic carbocycles. The molecule has 1 aliphatic heterocycles. The fourth-order valence-corrected chi connectivity index (χ4v) is 4.59. The summed E-state index contributed by atoms with van der Waals surface area (Å²) in [4.78, 5) is 15.2. The van der Waals surface area contributed by atoms with Gasteiger partial charge in [0.2, 0.25) is 0 Å². The highest BCUT2D eigenvalue weighted by Gasteiger charge is 2.42. The van der Waals surface area contributed by atoms with E-state index in [1.165, 1.54) is 0 Å². The average Bonchev–Trinajstić information content (AvgIpc) is 3.31. The molecule has 0 saturated carbocycles. The van der Waals surface area contributed by atoms with Gasteiger partial charge in [0, 0.05) is 27.7 Å². The summed E-state index contributed by atoms with van der Waals surface area (Å²) < 4.78 is 0. The van der Waals surface area contributed by atoms with Gasteiger partial charge in [-0.3, -0.25) is 9.89 Å². The van der Waals surface area contributed by atoms with Gasteiger partial charge in [-0.2, -0.15) is 5.10 Å². The Morgan fingerprint density at radius 1 is 1.06 bits per heavy atom. The van der Waals surface area contributed by atoms with Crippen molar-refractivity contribution in [2.24, 2.45) is 0 Å². The molecule has 1 unspecified atom stereocenters. The number of aromatic nitrogens is 2. The van der Waals surface area contributed by atoms with Crippen LogP contribution in [0.25, 0.3) is 11.3 Å². The van der Waals surface area contributed by atoms with Crippen LogP contribution in [0.5, 0.6) is 5.75 Å². The van der Waals surface area contributed by atoms with Crippen molar-refractivity contribution >= 4 is 29.1 Å². The Hall–Kier alpha value is -3.28. The summed E-state index contributed by atoms with van der Waals surface area (Å²) >= 11 is 12.7. The van der Waals surface area contributed by atoms with Crippen LogP contribution in [-0.4, -0.2) is 26.1 Å². The highest BCUT2D eigenvalue weighted by atomic mass is 35.5. The fourth-order valence-electron chi connectivity index (χ4n) is 4.22. The number of aromatic hydroxyl groups is 1. The van der Waals surface area contributed by atoms with E-state index in [4.69, 9.17) is 23.2 Å². The van der Waals surface area contributed by atoms with Crippen molar-refractivity contribution in [2.45, 2.75) is 19.5 Å². The zero-order valence-electron chi connectivity index (χ0n) is 17.1. The van der Waals surface area contributed by atoms with Crippen molar-refractivity contribution in [3.05, 3.63) is 105 Å². The van der Waals surface area contributed by atoms with E-state index in [2.05, 4.69) is 10.2 Å². The van der Waals surface area contributed by atoms with Crippen LogP contribution in [0, 0.1) is 6.92 Å². The first-order valence-electron chi connectivity index (χ1n) is 10.1. The average molecular weight is 464 g/mol. The van der Waals surface area contributed by atoms with Crippen molar-refractivity contribution in [3.63, 3.8) is 0 Å². The summed E-state index contributed by atoms with van der Waals surface area (Å²) in [7, 11) is 0. The molecule has 2 heterocycles. The summed E-state index contributed by atoms with van der Waals surface area (Å²) in [6.07, 6.45) is 0. The molecule has 32 heavy (non-hydrogen) atoms. The van der Waals surface area contributed by atoms with E-state index in [0.717, 1.165) is 16.7 Å². The second-order valence-electron chi connectivity index (χ2n) is 7.86. The maximum atomic E-state index is 13.5. The molecular weight excluding hydrogens is 445 g/mol. The Morgan fingerprint density at radius 2 is 1.84 bits per heavy atom. The minimum absolute atomic E-state index is 0.0556. The highest BCUT2D eigenvalue weighted by molar-refractivity contribution is 6.31. The standard InChI is InChI=1S/C25H19Cl2N3O2/c1-14-10-20(31)18(12-19(14)27)22-21-23(29-28-22)25(32)30(13-15-6-3-2-4-7-15)24(21)16-8-5-9-17(26)11-16/h2-12,24,31H,13H2,1H3,(H,28,29). The molecule has 1 amide bonds. The van der Waals surface area contributed by atoms with E-state index < -0.39 is 6.04 Å². The van der Waals surface area contributed by atoms with Gasteiger partial charge in [-0.05, 0) is 47.9 Å². The quantitative estimate of drug-likeness (QED) is 0.381. The second kappa shape index (κ2) is 8.01. The van der Waals surface area contributed by atoms with Gasteiger partial charge in [0.25, 0.3) is 5.91 Å². The molecular formula is C25H19Cl2N3O2. The molecule has 0 radical (unpaired) electrons. The van der Waals surface area contributed by atoms with Gasteiger partial charge >= 0.3 is 0 Å². The monoisotopic (exact) mass is 463 g/mol. The van der Waals surface area contributed by atoms with Crippen LogP contribution in [0.4, 0.5) is 0 Å². The van der Waals surface area contributed by atoms with Gasteiger partial charge < -0.3 is 10.0 Å². The van der Waals surface area contributed by atoms with E-state index >= 15 is 0 Å². The smallest absolute Gasteiger partial charge is 0.273 e. The number of aryl methyl sites for hydroxylation is 1. The number of phenols is 1. The molecule has 0 saturated heterocycles. The Kier molecular flexibility index (Phi) is 5.16. The highest BCUT2D eigenvalue weighted by Crippen LogP contribution is 2.46. The van der Waals surface area contributed by atoms with Crippen LogP contribution >= 0.6 is 23.2 Å². The zero-order valence-corrected chi connectivity index (χ0v) is 18.7. The third-order valence-electron chi connectivity index (χ3n) is 5.76. The first kappa shape index (κ1) is 20.6. The first-order chi connectivity index (χ1) is 15.4. The number of hydrogen-bond acceptors (Lipinski definition) is 3. The number of H-pyrrole nitrogens is 1. The third kappa shape index (κ3) is 3.44. The number of fused-ring (bicyclic) bond motifs is 1. The predicted molar refractivity (Wildman–Crippen MR) is 125 cm³/mol. The van der Waals surface area contributed by atoms with E-state index in [1.807, 2.05) is 55.5 Å². The number of phenolic OH excluding ortho intramolecular Hbond substituents is 1. The Bertz CT molecular complexity index is 1330. The number of aromatic amines is 1. The number of halogens is 2. The Morgan fingerprint density at radius 3 is 2.59 bits per heavy atom. The first-order valence-corrected chi connectivity index (χ1v) is 10.9. The predicted octanol–water partition coefficient (Wildman–Crippen LogP) is 6.14. The van der Waals surface area contributed by atoms with E-state index in [1.54, 1.807) is 23.1 Å². The van der Waals surface area contributed by atoms with Gasteiger partial charge in [0.05, 0.1) is 6.04 Å². The lowest BCUT2D eigenvalue weighted by atomic mass is 9.95. The maximum Gasteiger partial charge on any atom is 0.273 e. The SMILES string of the molecule is Cc1cc(O)c(-c2n[nH]c3c2C(c2cccc(Cl)c2)N(Cc2ccccc2)C3=O)cc1Cl. The number of nitrogens with zero attached hydrogens (tertiary/aromatic N) is 2. The van der Waals surface area contributed by atoms with Gasteiger partial charge in [0.1, 0.15) is 17.1 Å². The topological polar surface area (TPSA) is 69.2 Å². The molecule has 4 aromatic rings. The van der Waals surface area contributed by atoms with Crippen molar-refractivity contribution < 1.29 is 9.90 Å². The van der Waals surface area contributed by atoms with Crippen LogP contribution < -0.4 is 0 Å².